The van der Waals surface area contributed by atoms with Gasteiger partial charge >= 0.3 is 5.97 Å². The van der Waals surface area contributed by atoms with Crippen molar-refractivity contribution < 1.29 is 19.1 Å². The first-order valence-corrected chi connectivity index (χ1v) is 8.09. The van der Waals surface area contributed by atoms with Crippen LogP contribution in [0.2, 0.25) is 5.02 Å². The van der Waals surface area contributed by atoms with Gasteiger partial charge in [-0.05, 0) is 30.3 Å². The maximum Gasteiger partial charge on any atom is 0.308 e. The third-order valence-electron chi connectivity index (χ3n) is 4.25. The number of anilines is 1. The maximum absolute atomic E-state index is 12.2. The monoisotopic (exact) mass is 356 g/mol. The lowest BCUT2D eigenvalue weighted by atomic mass is 10.1. The number of fused-ring (bicyclic) bond motifs is 1. The number of nitrogens with zero attached hydrogens (tertiary/aromatic N) is 2. The smallest absolute Gasteiger partial charge is 0.308 e. The molecule has 0 bridgehead atoms. The second-order valence-corrected chi connectivity index (χ2v) is 6.30. The number of carbonyl (C=O) groups excluding carboxylic acids is 1. The van der Waals surface area contributed by atoms with Crippen molar-refractivity contribution in [1.29, 1.82) is 0 Å². The summed E-state index contributed by atoms with van der Waals surface area (Å²) in [6, 6.07) is 12.5. The van der Waals surface area contributed by atoms with Crippen LogP contribution in [0.1, 0.15) is 6.42 Å². The molecular weight excluding hydrogens is 344 g/mol. The van der Waals surface area contributed by atoms with Crippen molar-refractivity contribution in [3.63, 3.8) is 0 Å². The zero-order valence-corrected chi connectivity index (χ0v) is 13.7. The first-order valence-electron chi connectivity index (χ1n) is 7.71. The van der Waals surface area contributed by atoms with Gasteiger partial charge in [0.1, 0.15) is 5.52 Å². The van der Waals surface area contributed by atoms with E-state index in [2.05, 4.69) is 4.98 Å². The van der Waals surface area contributed by atoms with Crippen LogP contribution in [0.25, 0.3) is 22.6 Å². The highest BCUT2D eigenvalue weighted by Crippen LogP contribution is 2.35. The summed E-state index contributed by atoms with van der Waals surface area (Å²) in [5.74, 6) is -1.55. The predicted molar refractivity (Wildman–Crippen MR) is 92.6 cm³/mol. The topological polar surface area (TPSA) is 83.6 Å². The average Bonchev–Trinajstić information content (AvgIpc) is 3.19. The molecule has 7 heteroatoms. The molecule has 1 fully saturated rings. The zero-order chi connectivity index (χ0) is 17.6. The Morgan fingerprint density at radius 1 is 1.28 bits per heavy atom. The predicted octanol–water partition coefficient (Wildman–Crippen LogP) is 3.59. The summed E-state index contributed by atoms with van der Waals surface area (Å²) in [6.45, 7) is 0.102. The number of carbonyl (C=O) groups is 2. The van der Waals surface area contributed by atoms with Crippen molar-refractivity contribution in [2.24, 2.45) is 5.92 Å². The summed E-state index contributed by atoms with van der Waals surface area (Å²) in [4.78, 5) is 29.2. The van der Waals surface area contributed by atoms with Crippen molar-refractivity contribution in [1.82, 2.24) is 4.98 Å². The summed E-state index contributed by atoms with van der Waals surface area (Å²) in [5.41, 5.74) is 2.53. The number of carboxylic acids is 1. The summed E-state index contributed by atoms with van der Waals surface area (Å²) >= 11 is 6.24. The van der Waals surface area contributed by atoms with E-state index < -0.39 is 11.9 Å². The Morgan fingerprint density at radius 3 is 2.80 bits per heavy atom. The Hall–Kier alpha value is -2.86. The largest absolute Gasteiger partial charge is 0.481 e. The number of rotatable bonds is 3. The maximum atomic E-state index is 12.2. The van der Waals surface area contributed by atoms with Gasteiger partial charge in [0, 0.05) is 18.5 Å². The van der Waals surface area contributed by atoms with E-state index in [1.54, 1.807) is 18.2 Å². The van der Waals surface area contributed by atoms with Crippen LogP contribution in [-0.4, -0.2) is 28.5 Å². The van der Waals surface area contributed by atoms with Gasteiger partial charge < -0.3 is 14.4 Å². The van der Waals surface area contributed by atoms with Crippen LogP contribution >= 0.6 is 11.6 Å². The summed E-state index contributed by atoms with van der Waals surface area (Å²) < 4.78 is 5.75. The number of oxazole rings is 1. The van der Waals surface area contributed by atoms with Crippen molar-refractivity contribution >= 4 is 40.3 Å². The summed E-state index contributed by atoms with van der Waals surface area (Å²) in [7, 11) is 0. The Bertz CT molecular complexity index is 965. The highest BCUT2D eigenvalue weighted by molar-refractivity contribution is 6.34. The molecule has 6 nitrogen and oxygen atoms in total. The van der Waals surface area contributed by atoms with E-state index in [1.807, 2.05) is 24.3 Å². The third-order valence-corrected chi connectivity index (χ3v) is 4.57. The molecule has 1 amide bonds. The molecule has 1 unspecified atom stereocenters. The van der Waals surface area contributed by atoms with Gasteiger partial charge in [0.25, 0.3) is 0 Å². The molecule has 1 aliphatic rings. The molecular formula is C18H13ClN2O4. The standard InChI is InChI=1S/C18H13ClN2O4/c19-12-6-5-10(17-20-13-3-1-2-4-15(13)25-17)7-14(12)21-9-11(18(23)24)8-16(21)22/h1-7,11H,8-9H2,(H,23,24). The van der Waals surface area contributed by atoms with E-state index >= 15 is 0 Å². The van der Waals surface area contributed by atoms with Crippen LogP contribution in [-0.2, 0) is 9.59 Å². The fourth-order valence-electron chi connectivity index (χ4n) is 2.95. The van der Waals surface area contributed by atoms with E-state index in [4.69, 9.17) is 21.1 Å². The highest BCUT2D eigenvalue weighted by Gasteiger charge is 2.36. The van der Waals surface area contributed by atoms with E-state index in [9.17, 15) is 9.59 Å². The summed E-state index contributed by atoms with van der Waals surface area (Å²) in [6.07, 6.45) is -0.0290. The Morgan fingerprint density at radius 2 is 2.08 bits per heavy atom. The molecule has 2 aromatic carbocycles. The van der Waals surface area contributed by atoms with Gasteiger partial charge in [0.2, 0.25) is 11.8 Å². The lowest BCUT2D eigenvalue weighted by Crippen LogP contribution is -2.26. The molecule has 1 aliphatic heterocycles. The number of carboxylic acid groups (broad SMARTS) is 1. The number of halogens is 1. The fraction of sp³-hybridized carbons (Fsp3) is 0.167. The average molecular weight is 357 g/mol. The Kier molecular flexibility index (Phi) is 3.69. The molecule has 2 heterocycles. The SMILES string of the molecule is O=C(O)C1CC(=O)N(c2cc(-c3nc4ccccc4o3)ccc2Cl)C1. The van der Waals surface area contributed by atoms with Crippen LogP contribution in [0.15, 0.2) is 46.9 Å². The highest BCUT2D eigenvalue weighted by atomic mass is 35.5. The lowest BCUT2D eigenvalue weighted by molar-refractivity contribution is -0.141. The van der Waals surface area contributed by atoms with E-state index in [0.717, 1.165) is 5.52 Å². The minimum Gasteiger partial charge on any atom is -0.481 e. The van der Waals surface area contributed by atoms with Crippen molar-refractivity contribution in [3.05, 3.63) is 47.5 Å². The number of hydrogen-bond donors (Lipinski definition) is 1. The Labute approximate surface area is 147 Å². The van der Waals surface area contributed by atoms with Gasteiger partial charge in [0.15, 0.2) is 5.58 Å². The van der Waals surface area contributed by atoms with Crippen LogP contribution in [0, 0.1) is 5.92 Å². The van der Waals surface area contributed by atoms with Gasteiger partial charge in [0.05, 0.1) is 16.6 Å². The van der Waals surface area contributed by atoms with E-state index in [-0.39, 0.29) is 18.9 Å². The molecule has 0 aliphatic carbocycles. The number of hydrogen-bond acceptors (Lipinski definition) is 4. The molecule has 25 heavy (non-hydrogen) atoms. The van der Waals surface area contributed by atoms with Crippen molar-refractivity contribution in [2.45, 2.75) is 6.42 Å². The molecule has 126 valence electrons. The van der Waals surface area contributed by atoms with Crippen LogP contribution < -0.4 is 4.90 Å². The van der Waals surface area contributed by atoms with Gasteiger partial charge in [-0.1, -0.05) is 23.7 Å². The minimum absolute atomic E-state index is 0.0290. The molecule has 3 aromatic rings. The molecule has 4 rings (SSSR count). The first-order chi connectivity index (χ1) is 12.0. The molecule has 1 aromatic heterocycles. The molecule has 1 saturated heterocycles. The normalized spacial score (nSPS) is 17.4. The van der Waals surface area contributed by atoms with Gasteiger partial charge in [-0.15, -0.1) is 0 Å². The number of aliphatic carboxylic acids is 1. The van der Waals surface area contributed by atoms with Gasteiger partial charge in [-0.2, -0.15) is 0 Å². The zero-order valence-electron chi connectivity index (χ0n) is 13.0. The van der Waals surface area contributed by atoms with Gasteiger partial charge in [-0.25, -0.2) is 4.98 Å². The second kappa shape index (κ2) is 5.89. The molecule has 0 spiro atoms. The number of para-hydroxylation sites is 2. The second-order valence-electron chi connectivity index (χ2n) is 5.90. The van der Waals surface area contributed by atoms with Crippen LogP contribution in [0.4, 0.5) is 5.69 Å². The van der Waals surface area contributed by atoms with E-state index in [0.29, 0.717) is 27.7 Å². The summed E-state index contributed by atoms with van der Waals surface area (Å²) in [5, 5.41) is 9.52. The van der Waals surface area contributed by atoms with Crippen LogP contribution in [0.5, 0.6) is 0 Å². The number of benzene rings is 2. The Balaban J connectivity index is 1.74. The van der Waals surface area contributed by atoms with E-state index in [1.165, 1.54) is 4.90 Å². The lowest BCUT2D eigenvalue weighted by Gasteiger charge is -2.18. The van der Waals surface area contributed by atoms with Gasteiger partial charge in [-0.3, -0.25) is 9.59 Å². The molecule has 1 N–H and O–H groups in total. The molecule has 0 saturated carbocycles. The first kappa shape index (κ1) is 15.7. The third kappa shape index (κ3) is 2.74. The minimum atomic E-state index is -0.984. The molecule has 1 atom stereocenters. The van der Waals surface area contributed by atoms with Crippen molar-refractivity contribution in [2.75, 3.05) is 11.4 Å². The fourth-order valence-corrected chi connectivity index (χ4v) is 3.17. The van der Waals surface area contributed by atoms with Crippen molar-refractivity contribution in [3.8, 4) is 11.5 Å². The number of aromatic nitrogens is 1. The number of amides is 1. The quantitative estimate of drug-likeness (QED) is 0.775. The van der Waals surface area contributed by atoms with Crippen LogP contribution in [0.3, 0.4) is 0 Å². The molecule has 0 radical (unpaired) electrons.